The molecule has 11 aromatic rings. The minimum atomic E-state index is 0.630. The predicted molar refractivity (Wildman–Crippen MR) is 197 cm³/mol. The molecule has 5 nitrogen and oxygen atoms in total. The minimum Gasteiger partial charge on any atom is -0.308 e. The molecule has 6 aromatic carbocycles. The van der Waals surface area contributed by atoms with Gasteiger partial charge in [-0.3, -0.25) is 9.55 Å². The molecule has 48 heavy (non-hydrogen) atoms. The fourth-order valence-electron chi connectivity index (χ4n) is 7.89. The van der Waals surface area contributed by atoms with Crippen molar-refractivity contribution in [1.82, 2.24) is 23.9 Å². The monoisotopic (exact) mass is 611 g/mol. The quantitative estimate of drug-likeness (QED) is 0.200. The van der Waals surface area contributed by atoms with Gasteiger partial charge in [-0.1, -0.05) is 109 Å². The van der Waals surface area contributed by atoms with Crippen molar-refractivity contribution in [2.75, 3.05) is 0 Å². The minimum absolute atomic E-state index is 0.630. The summed E-state index contributed by atoms with van der Waals surface area (Å²) in [5.74, 6) is 0.630. The lowest BCUT2D eigenvalue weighted by Gasteiger charge is -2.12. The molecule has 5 heterocycles. The summed E-state index contributed by atoms with van der Waals surface area (Å²) < 4.78 is 4.69. The van der Waals surface area contributed by atoms with Crippen LogP contribution in [0, 0.1) is 0 Å². The van der Waals surface area contributed by atoms with E-state index >= 15 is 0 Å². The molecule has 0 spiro atoms. The first-order valence-electron chi connectivity index (χ1n) is 16.2. The topological polar surface area (TPSA) is 48.0 Å². The van der Waals surface area contributed by atoms with E-state index < -0.39 is 0 Å². The van der Waals surface area contributed by atoms with Gasteiger partial charge in [0.1, 0.15) is 11.2 Å². The molecule has 0 aliphatic carbocycles. The first-order valence-corrected chi connectivity index (χ1v) is 16.2. The Labute approximate surface area is 274 Å². The van der Waals surface area contributed by atoms with Crippen LogP contribution in [0.3, 0.4) is 0 Å². The van der Waals surface area contributed by atoms with Crippen LogP contribution < -0.4 is 0 Å². The molecule has 0 saturated carbocycles. The first kappa shape index (κ1) is 25.6. The Morgan fingerprint density at radius 2 is 1.06 bits per heavy atom. The van der Waals surface area contributed by atoms with Crippen molar-refractivity contribution < 1.29 is 0 Å². The van der Waals surface area contributed by atoms with Crippen LogP contribution >= 0.6 is 0 Å². The second kappa shape index (κ2) is 9.47. The summed E-state index contributed by atoms with van der Waals surface area (Å²) in [5.41, 5.74) is 11.6. The molecule has 5 aromatic heterocycles. The number of nitrogens with zero attached hydrogens (tertiary/aromatic N) is 5. The van der Waals surface area contributed by atoms with Crippen molar-refractivity contribution >= 4 is 70.9 Å². The van der Waals surface area contributed by atoms with Gasteiger partial charge in [0.05, 0.1) is 33.1 Å². The number of rotatable bonds is 3. The Balaban J connectivity index is 1.26. The smallest absolute Gasteiger partial charge is 0.235 e. The van der Waals surface area contributed by atoms with E-state index in [0.29, 0.717) is 5.95 Å². The maximum atomic E-state index is 5.34. The van der Waals surface area contributed by atoms with E-state index in [0.717, 1.165) is 38.9 Å². The van der Waals surface area contributed by atoms with E-state index in [1.807, 2.05) is 24.4 Å². The van der Waals surface area contributed by atoms with Gasteiger partial charge in [-0.05, 0) is 47.5 Å². The highest BCUT2D eigenvalue weighted by Gasteiger charge is 2.25. The number of hydrogen-bond donors (Lipinski definition) is 0. The zero-order chi connectivity index (χ0) is 31.3. The van der Waals surface area contributed by atoms with Gasteiger partial charge in [0.25, 0.3) is 0 Å². The highest BCUT2D eigenvalue weighted by atomic mass is 15.2. The van der Waals surface area contributed by atoms with Gasteiger partial charge >= 0.3 is 0 Å². The summed E-state index contributed by atoms with van der Waals surface area (Å²) in [6.45, 7) is 0. The molecule has 0 amide bonds. The third-order valence-electron chi connectivity index (χ3n) is 9.92. The molecule has 222 valence electrons. The average Bonchev–Trinajstić information content (AvgIpc) is 3.79. The lowest BCUT2D eigenvalue weighted by Crippen LogP contribution is -2.04. The van der Waals surface area contributed by atoms with Crippen molar-refractivity contribution in [1.29, 1.82) is 0 Å². The normalized spacial score (nSPS) is 12.2. The van der Waals surface area contributed by atoms with Gasteiger partial charge in [0.2, 0.25) is 5.95 Å². The largest absolute Gasteiger partial charge is 0.308 e. The summed E-state index contributed by atoms with van der Waals surface area (Å²) in [6, 6.07) is 51.5. The van der Waals surface area contributed by atoms with E-state index in [1.165, 1.54) is 54.4 Å². The van der Waals surface area contributed by atoms with Crippen LogP contribution in [-0.2, 0) is 0 Å². The summed E-state index contributed by atoms with van der Waals surface area (Å²) in [6.07, 6.45) is 1.82. The standard InChI is InChI=1S/C43H25N5/c1-2-11-26(12-3-1)27-20-22-28(23-21-27)40-41-33(16-10-24-44-41)45-43(46-40)48-36-19-9-5-14-30(36)38-37(48)25-32-29-13-4-7-17-34(29)47-35-18-8-6-15-31(35)39(38)42(32)47/h1-25H. The van der Waals surface area contributed by atoms with Gasteiger partial charge in [0.15, 0.2) is 0 Å². The Bertz CT molecular complexity index is 3040. The Hall–Kier alpha value is -6.59. The van der Waals surface area contributed by atoms with E-state index in [2.05, 4.69) is 136 Å². The molecule has 0 bridgehead atoms. The summed E-state index contributed by atoms with van der Waals surface area (Å²) >= 11 is 0. The molecule has 0 radical (unpaired) electrons. The van der Waals surface area contributed by atoms with E-state index in [9.17, 15) is 0 Å². The van der Waals surface area contributed by atoms with Crippen LogP contribution in [-0.4, -0.2) is 23.9 Å². The van der Waals surface area contributed by atoms with Crippen LogP contribution in [0.1, 0.15) is 0 Å². The summed E-state index contributed by atoms with van der Waals surface area (Å²) in [5, 5.41) is 7.39. The fourth-order valence-corrected chi connectivity index (χ4v) is 7.89. The summed E-state index contributed by atoms with van der Waals surface area (Å²) in [4.78, 5) is 15.3. The molecule has 0 aliphatic rings. The van der Waals surface area contributed by atoms with Crippen molar-refractivity contribution in [2.24, 2.45) is 0 Å². The number of benzene rings is 6. The number of pyridine rings is 1. The van der Waals surface area contributed by atoms with Gasteiger partial charge in [-0.15, -0.1) is 0 Å². The zero-order valence-electron chi connectivity index (χ0n) is 25.7. The van der Waals surface area contributed by atoms with Crippen LogP contribution in [0.2, 0.25) is 0 Å². The number of fused-ring (bicyclic) bond motifs is 11. The van der Waals surface area contributed by atoms with Crippen LogP contribution in [0.25, 0.3) is 99.3 Å². The molecule has 0 fully saturated rings. The molecule has 0 unspecified atom stereocenters. The third kappa shape index (κ3) is 3.37. The third-order valence-corrected chi connectivity index (χ3v) is 9.92. The second-order valence-corrected chi connectivity index (χ2v) is 12.5. The van der Waals surface area contributed by atoms with Crippen molar-refractivity contribution in [3.8, 4) is 28.3 Å². The van der Waals surface area contributed by atoms with Crippen molar-refractivity contribution in [3.05, 3.63) is 152 Å². The lowest BCUT2D eigenvalue weighted by molar-refractivity contribution is 1.01. The van der Waals surface area contributed by atoms with Gasteiger partial charge in [0, 0.05) is 44.1 Å². The average molecular weight is 612 g/mol. The molecule has 11 rings (SSSR count). The predicted octanol–water partition coefficient (Wildman–Crippen LogP) is 10.6. The zero-order valence-corrected chi connectivity index (χ0v) is 25.7. The molecular formula is C43H25N5. The number of para-hydroxylation sites is 3. The van der Waals surface area contributed by atoms with E-state index in [1.54, 1.807) is 0 Å². The van der Waals surface area contributed by atoms with Crippen LogP contribution in [0.15, 0.2) is 152 Å². The Morgan fingerprint density at radius 3 is 1.85 bits per heavy atom. The number of hydrogen-bond acceptors (Lipinski definition) is 3. The highest BCUT2D eigenvalue weighted by Crippen LogP contribution is 2.46. The molecule has 5 heteroatoms. The second-order valence-electron chi connectivity index (χ2n) is 12.5. The maximum absolute atomic E-state index is 5.34. The maximum Gasteiger partial charge on any atom is 0.235 e. The fraction of sp³-hybridized carbons (Fsp3) is 0. The summed E-state index contributed by atoms with van der Waals surface area (Å²) in [7, 11) is 0. The SMILES string of the molecule is c1ccc(-c2ccc(-c3nc(-n4c5ccccc5c5c6c7ccccc7n7c8ccccc8c(cc54)c67)nc4cccnc34)cc2)cc1. The molecule has 0 N–H and O–H groups in total. The lowest BCUT2D eigenvalue weighted by atomic mass is 10.0. The van der Waals surface area contributed by atoms with Gasteiger partial charge in [-0.2, -0.15) is 0 Å². The molecule has 0 aliphatic heterocycles. The van der Waals surface area contributed by atoms with Gasteiger partial charge < -0.3 is 4.40 Å². The van der Waals surface area contributed by atoms with Crippen LogP contribution in [0.4, 0.5) is 0 Å². The van der Waals surface area contributed by atoms with Crippen molar-refractivity contribution in [3.63, 3.8) is 0 Å². The van der Waals surface area contributed by atoms with Gasteiger partial charge in [-0.25, -0.2) is 9.97 Å². The van der Waals surface area contributed by atoms with E-state index in [4.69, 9.17) is 15.0 Å². The molecule has 0 saturated heterocycles. The number of aromatic nitrogens is 5. The van der Waals surface area contributed by atoms with E-state index in [-0.39, 0.29) is 0 Å². The van der Waals surface area contributed by atoms with Crippen molar-refractivity contribution in [2.45, 2.75) is 0 Å². The first-order chi connectivity index (χ1) is 23.8. The highest BCUT2D eigenvalue weighted by molar-refractivity contribution is 6.35. The Morgan fingerprint density at radius 1 is 0.438 bits per heavy atom. The van der Waals surface area contributed by atoms with Crippen LogP contribution in [0.5, 0.6) is 0 Å². The molecule has 0 atom stereocenters. The molecular weight excluding hydrogens is 587 g/mol. The Kier molecular flexibility index (Phi) is 5.05.